The largest absolute Gasteiger partial charge is 0.462 e. The van der Waals surface area contributed by atoms with Gasteiger partial charge >= 0.3 is 5.97 Å². The number of esters is 1. The molecule has 0 fully saturated rings. The van der Waals surface area contributed by atoms with Crippen LogP contribution in [0.1, 0.15) is 60.3 Å². The highest BCUT2D eigenvalue weighted by Gasteiger charge is 2.21. The van der Waals surface area contributed by atoms with Crippen molar-refractivity contribution in [3.8, 4) is 0 Å². The van der Waals surface area contributed by atoms with Gasteiger partial charge in [0.1, 0.15) is 6.10 Å². The van der Waals surface area contributed by atoms with Gasteiger partial charge in [-0.25, -0.2) is 0 Å². The molecule has 3 atom stereocenters. The van der Waals surface area contributed by atoms with Crippen molar-refractivity contribution in [3.63, 3.8) is 0 Å². The second-order valence-electron chi connectivity index (χ2n) is 4.57. The minimum Gasteiger partial charge on any atom is -0.462 e. The Bertz CT molecular complexity index is 177. The number of carbonyl (C=O) groups excluding carboxylic acids is 1. The molecule has 2 nitrogen and oxygen atoms in total. The summed E-state index contributed by atoms with van der Waals surface area (Å²) in [6, 6.07) is 0. The monoisotopic (exact) mass is 214 g/mol. The summed E-state index contributed by atoms with van der Waals surface area (Å²) in [6.07, 6.45) is 3.85. The summed E-state index contributed by atoms with van der Waals surface area (Å²) in [4.78, 5) is 11.3. The van der Waals surface area contributed by atoms with E-state index in [9.17, 15) is 4.79 Å². The lowest BCUT2D eigenvalue weighted by molar-refractivity contribution is -0.151. The average molecular weight is 214 g/mol. The van der Waals surface area contributed by atoms with Crippen LogP contribution in [0, 0.1) is 11.8 Å². The molecule has 0 saturated carbocycles. The van der Waals surface area contributed by atoms with Crippen molar-refractivity contribution in [1.29, 1.82) is 0 Å². The highest BCUT2D eigenvalue weighted by Crippen LogP contribution is 2.22. The van der Waals surface area contributed by atoms with E-state index in [4.69, 9.17) is 4.74 Å². The third kappa shape index (κ3) is 5.81. The SMILES string of the molecule is CCCC(=O)O[C@H](C)[C@@H](C)[C@@H](C)CCC. The molecular formula is C13H26O2. The van der Waals surface area contributed by atoms with E-state index < -0.39 is 0 Å². The fourth-order valence-electron chi connectivity index (χ4n) is 1.76. The van der Waals surface area contributed by atoms with Crippen LogP contribution < -0.4 is 0 Å². The van der Waals surface area contributed by atoms with Crippen molar-refractivity contribution in [2.75, 3.05) is 0 Å². The summed E-state index contributed by atoms with van der Waals surface area (Å²) in [5, 5.41) is 0. The van der Waals surface area contributed by atoms with Gasteiger partial charge in [-0.15, -0.1) is 0 Å². The molecule has 0 aromatic heterocycles. The molecule has 0 aromatic rings. The van der Waals surface area contributed by atoms with E-state index in [-0.39, 0.29) is 12.1 Å². The van der Waals surface area contributed by atoms with Gasteiger partial charge < -0.3 is 4.74 Å². The maximum atomic E-state index is 11.3. The zero-order valence-corrected chi connectivity index (χ0v) is 10.9. The van der Waals surface area contributed by atoms with Gasteiger partial charge in [-0.1, -0.05) is 40.5 Å². The lowest BCUT2D eigenvalue weighted by Crippen LogP contribution is -2.26. The minimum atomic E-state index is -0.0550. The van der Waals surface area contributed by atoms with Crippen LogP contribution in [0.3, 0.4) is 0 Å². The van der Waals surface area contributed by atoms with Crippen LogP contribution in [0.25, 0.3) is 0 Å². The van der Waals surface area contributed by atoms with Gasteiger partial charge in [0.25, 0.3) is 0 Å². The Morgan fingerprint density at radius 3 is 2.20 bits per heavy atom. The molecule has 0 saturated heterocycles. The normalized spacial score (nSPS) is 16.9. The van der Waals surface area contributed by atoms with E-state index in [0.29, 0.717) is 18.3 Å². The van der Waals surface area contributed by atoms with Crippen molar-refractivity contribution in [2.45, 2.75) is 66.4 Å². The number of ether oxygens (including phenoxy) is 1. The zero-order valence-electron chi connectivity index (χ0n) is 10.9. The van der Waals surface area contributed by atoms with Crippen LogP contribution >= 0.6 is 0 Å². The van der Waals surface area contributed by atoms with Crippen LogP contribution in [-0.2, 0) is 9.53 Å². The Hall–Kier alpha value is -0.530. The fraction of sp³-hybridized carbons (Fsp3) is 0.923. The number of hydrogen-bond donors (Lipinski definition) is 0. The summed E-state index contributed by atoms with van der Waals surface area (Å²) >= 11 is 0. The quantitative estimate of drug-likeness (QED) is 0.603. The minimum absolute atomic E-state index is 0.0469. The Morgan fingerprint density at radius 2 is 1.73 bits per heavy atom. The second kappa shape index (κ2) is 7.72. The van der Waals surface area contributed by atoms with Gasteiger partial charge in [-0.3, -0.25) is 4.79 Å². The van der Waals surface area contributed by atoms with Gasteiger partial charge in [0.2, 0.25) is 0 Å². The van der Waals surface area contributed by atoms with Crippen molar-refractivity contribution in [2.24, 2.45) is 11.8 Å². The topological polar surface area (TPSA) is 26.3 Å². The van der Waals surface area contributed by atoms with E-state index in [2.05, 4.69) is 20.8 Å². The van der Waals surface area contributed by atoms with Crippen molar-refractivity contribution >= 4 is 5.97 Å². The second-order valence-corrected chi connectivity index (χ2v) is 4.57. The van der Waals surface area contributed by atoms with Gasteiger partial charge in [-0.2, -0.15) is 0 Å². The Balaban J connectivity index is 3.96. The Kier molecular flexibility index (Phi) is 7.45. The summed E-state index contributed by atoms with van der Waals surface area (Å²) in [6.45, 7) is 10.6. The van der Waals surface area contributed by atoms with E-state index in [1.165, 1.54) is 12.8 Å². The van der Waals surface area contributed by atoms with Crippen LogP contribution in [-0.4, -0.2) is 12.1 Å². The molecule has 0 aliphatic heterocycles. The van der Waals surface area contributed by atoms with Crippen LogP contribution in [0.5, 0.6) is 0 Å². The molecule has 0 heterocycles. The highest BCUT2D eigenvalue weighted by molar-refractivity contribution is 5.69. The maximum absolute atomic E-state index is 11.3. The molecule has 0 amide bonds. The molecule has 0 bridgehead atoms. The molecule has 0 spiro atoms. The fourth-order valence-corrected chi connectivity index (χ4v) is 1.76. The van der Waals surface area contributed by atoms with Crippen molar-refractivity contribution in [3.05, 3.63) is 0 Å². The summed E-state index contributed by atoms with van der Waals surface area (Å²) < 4.78 is 5.38. The third-order valence-electron chi connectivity index (χ3n) is 3.15. The molecule has 0 N–H and O–H groups in total. The van der Waals surface area contributed by atoms with Gasteiger partial charge in [-0.05, 0) is 25.2 Å². The van der Waals surface area contributed by atoms with E-state index >= 15 is 0 Å². The maximum Gasteiger partial charge on any atom is 0.306 e. The average Bonchev–Trinajstić information content (AvgIpc) is 2.17. The predicted molar refractivity (Wildman–Crippen MR) is 63.7 cm³/mol. The van der Waals surface area contributed by atoms with Crippen LogP contribution in [0.15, 0.2) is 0 Å². The summed E-state index contributed by atoms with van der Waals surface area (Å²) in [7, 11) is 0. The molecule has 0 unspecified atom stereocenters. The standard InChI is InChI=1S/C13H26O2/c1-6-8-10(3)11(4)12(5)15-13(14)9-7-2/h10-12H,6-9H2,1-5H3/t10-,11-,12+/m0/s1. The third-order valence-corrected chi connectivity index (χ3v) is 3.15. The van der Waals surface area contributed by atoms with Gasteiger partial charge in [0, 0.05) is 6.42 Å². The van der Waals surface area contributed by atoms with Crippen LogP contribution in [0.2, 0.25) is 0 Å². The number of hydrogen-bond acceptors (Lipinski definition) is 2. The number of rotatable bonds is 7. The molecule has 15 heavy (non-hydrogen) atoms. The van der Waals surface area contributed by atoms with E-state index in [0.717, 1.165) is 6.42 Å². The number of carbonyl (C=O) groups is 1. The Morgan fingerprint density at radius 1 is 1.13 bits per heavy atom. The smallest absolute Gasteiger partial charge is 0.306 e. The predicted octanol–water partition coefficient (Wildman–Crippen LogP) is 3.79. The molecule has 2 heteroatoms. The molecule has 90 valence electrons. The highest BCUT2D eigenvalue weighted by atomic mass is 16.5. The zero-order chi connectivity index (χ0) is 11.8. The summed E-state index contributed by atoms with van der Waals surface area (Å²) in [5.74, 6) is 1.02. The molecule has 0 aliphatic rings. The van der Waals surface area contributed by atoms with Crippen molar-refractivity contribution < 1.29 is 9.53 Å². The van der Waals surface area contributed by atoms with Crippen LogP contribution in [0.4, 0.5) is 0 Å². The Labute approximate surface area is 94.4 Å². The van der Waals surface area contributed by atoms with Gasteiger partial charge in [0.15, 0.2) is 0 Å². The molecule has 0 aromatic carbocycles. The first-order valence-corrected chi connectivity index (χ1v) is 6.22. The molecular weight excluding hydrogens is 188 g/mol. The van der Waals surface area contributed by atoms with E-state index in [1.54, 1.807) is 0 Å². The molecule has 0 aliphatic carbocycles. The van der Waals surface area contributed by atoms with Gasteiger partial charge in [0.05, 0.1) is 0 Å². The summed E-state index contributed by atoms with van der Waals surface area (Å²) in [5.41, 5.74) is 0. The first kappa shape index (κ1) is 14.5. The molecule has 0 rings (SSSR count). The molecule has 0 radical (unpaired) electrons. The lowest BCUT2D eigenvalue weighted by Gasteiger charge is -2.25. The lowest BCUT2D eigenvalue weighted by atomic mass is 9.88. The first-order valence-electron chi connectivity index (χ1n) is 6.22. The first-order chi connectivity index (χ1) is 7.02. The van der Waals surface area contributed by atoms with E-state index in [1.807, 2.05) is 13.8 Å². The van der Waals surface area contributed by atoms with Crippen molar-refractivity contribution in [1.82, 2.24) is 0 Å².